The van der Waals surface area contributed by atoms with Crippen LogP contribution in [0.4, 0.5) is 28.4 Å². The van der Waals surface area contributed by atoms with Crippen LogP contribution in [0, 0.1) is 20.8 Å². The van der Waals surface area contributed by atoms with E-state index in [9.17, 15) is 0 Å². The molecule has 0 bridgehead atoms. The molecule has 0 amide bonds. The zero-order valence-electron chi connectivity index (χ0n) is 25.2. The maximum absolute atomic E-state index is 2.32. The van der Waals surface area contributed by atoms with Crippen LogP contribution in [0.3, 0.4) is 0 Å². The van der Waals surface area contributed by atoms with E-state index in [1.165, 1.54) is 49.0 Å². The summed E-state index contributed by atoms with van der Waals surface area (Å²) in [6.45, 7) is 6.37. The van der Waals surface area contributed by atoms with E-state index in [-0.39, 0.29) is 0 Å². The minimum Gasteiger partial charge on any atom is -0.345 e. The molecule has 0 aliphatic carbocycles. The largest absolute Gasteiger partial charge is 0.345 e. The molecule has 2 nitrogen and oxygen atoms in total. The molecule has 212 valence electrons. The fourth-order valence-electron chi connectivity index (χ4n) is 5.14. The molecule has 0 unspecified atom stereocenters. The SMILES string of the molecule is Cc1ccc(-c2ccc(N(c3ccc(C)cc3)c3ccc(Sc4ccc(N(C)c5ccc(C)cc5)cc4)cc3)cc2)cc1. The summed E-state index contributed by atoms with van der Waals surface area (Å²) in [6.07, 6.45) is 0. The number of nitrogens with zero attached hydrogens (tertiary/aromatic N) is 2. The standard InChI is InChI=1S/C40H36N2S/c1-29-5-11-32(12-6-29)33-13-19-37(20-14-33)42(36-17-9-31(3)10-18-36)38-23-27-40(28-24-38)43-39-25-21-35(22-26-39)41(4)34-15-7-30(2)8-16-34/h5-28H,1-4H3. The van der Waals surface area contributed by atoms with Gasteiger partial charge in [0.15, 0.2) is 0 Å². The molecule has 0 fully saturated rings. The molecule has 0 N–H and O–H groups in total. The number of hydrogen-bond acceptors (Lipinski definition) is 3. The van der Waals surface area contributed by atoms with Gasteiger partial charge in [0.25, 0.3) is 0 Å². The first kappa shape index (κ1) is 28.4. The van der Waals surface area contributed by atoms with Crippen molar-refractivity contribution in [3.8, 4) is 11.1 Å². The second kappa shape index (κ2) is 12.6. The van der Waals surface area contributed by atoms with E-state index in [4.69, 9.17) is 0 Å². The molecule has 0 spiro atoms. The van der Waals surface area contributed by atoms with Crippen molar-refractivity contribution in [3.05, 3.63) is 162 Å². The normalized spacial score (nSPS) is 10.9. The van der Waals surface area contributed by atoms with Crippen molar-refractivity contribution >= 4 is 40.2 Å². The molecule has 0 atom stereocenters. The second-order valence-electron chi connectivity index (χ2n) is 11.1. The van der Waals surface area contributed by atoms with Crippen LogP contribution in [-0.4, -0.2) is 7.05 Å². The van der Waals surface area contributed by atoms with E-state index in [0.717, 1.165) is 17.1 Å². The van der Waals surface area contributed by atoms with E-state index < -0.39 is 0 Å². The predicted octanol–water partition coefficient (Wildman–Crippen LogP) is 11.7. The number of hydrogen-bond donors (Lipinski definition) is 0. The van der Waals surface area contributed by atoms with Crippen LogP contribution in [0.5, 0.6) is 0 Å². The van der Waals surface area contributed by atoms with Gasteiger partial charge in [0.2, 0.25) is 0 Å². The smallest absolute Gasteiger partial charge is 0.0462 e. The van der Waals surface area contributed by atoms with Gasteiger partial charge in [-0.05, 0) is 117 Å². The monoisotopic (exact) mass is 576 g/mol. The Morgan fingerprint density at radius 1 is 0.349 bits per heavy atom. The van der Waals surface area contributed by atoms with Crippen molar-refractivity contribution in [3.63, 3.8) is 0 Å². The van der Waals surface area contributed by atoms with Gasteiger partial charge in [0.1, 0.15) is 0 Å². The highest BCUT2D eigenvalue weighted by atomic mass is 32.2. The minimum atomic E-state index is 1.13. The second-order valence-corrected chi connectivity index (χ2v) is 12.2. The van der Waals surface area contributed by atoms with E-state index >= 15 is 0 Å². The lowest BCUT2D eigenvalue weighted by atomic mass is 10.0. The van der Waals surface area contributed by atoms with E-state index in [1.54, 1.807) is 11.8 Å². The van der Waals surface area contributed by atoms with Gasteiger partial charge in [-0.25, -0.2) is 0 Å². The molecule has 6 aromatic rings. The molecule has 0 aromatic heterocycles. The molecule has 6 aromatic carbocycles. The van der Waals surface area contributed by atoms with Crippen LogP contribution in [0.15, 0.2) is 155 Å². The van der Waals surface area contributed by atoms with Gasteiger partial charge in [0, 0.05) is 45.3 Å². The Kier molecular flexibility index (Phi) is 8.35. The average Bonchev–Trinajstić information content (AvgIpc) is 3.04. The summed E-state index contributed by atoms with van der Waals surface area (Å²) in [5.41, 5.74) is 12.0. The fourth-order valence-corrected chi connectivity index (χ4v) is 5.96. The number of aryl methyl sites for hydroxylation is 3. The van der Waals surface area contributed by atoms with Crippen molar-refractivity contribution in [2.75, 3.05) is 16.8 Å². The Balaban J connectivity index is 1.22. The third kappa shape index (κ3) is 6.69. The molecular weight excluding hydrogens is 541 g/mol. The first-order chi connectivity index (χ1) is 20.9. The Morgan fingerprint density at radius 3 is 1.05 bits per heavy atom. The van der Waals surface area contributed by atoms with Gasteiger partial charge in [-0.1, -0.05) is 89.1 Å². The summed E-state index contributed by atoms with van der Waals surface area (Å²) in [4.78, 5) is 6.97. The highest BCUT2D eigenvalue weighted by Gasteiger charge is 2.13. The molecule has 6 rings (SSSR count). The Labute approximate surface area is 260 Å². The Bertz CT molecular complexity index is 1770. The van der Waals surface area contributed by atoms with Crippen LogP contribution in [0.2, 0.25) is 0 Å². The van der Waals surface area contributed by atoms with E-state index in [0.29, 0.717) is 0 Å². The quantitative estimate of drug-likeness (QED) is 0.178. The number of anilines is 5. The van der Waals surface area contributed by atoms with Crippen LogP contribution in [-0.2, 0) is 0 Å². The first-order valence-corrected chi connectivity index (χ1v) is 15.5. The van der Waals surface area contributed by atoms with Crippen LogP contribution >= 0.6 is 11.8 Å². The Morgan fingerprint density at radius 2 is 0.628 bits per heavy atom. The third-order valence-electron chi connectivity index (χ3n) is 7.78. The van der Waals surface area contributed by atoms with Crippen molar-refractivity contribution in [1.82, 2.24) is 0 Å². The summed E-state index contributed by atoms with van der Waals surface area (Å²) in [5, 5.41) is 0. The van der Waals surface area contributed by atoms with Crippen molar-refractivity contribution < 1.29 is 0 Å². The summed E-state index contributed by atoms with van der Waals surface area (Å²) in [7, 11) is 2.11. The van der Waals surface area contributed by atoms with Gasteiger partial charge in [-0.3, -0.25) is 0 Å². The summed E-state index contributed by atoms with van der Waals surface area (Å²) >= 11 is 1.78. The molecule has 0 radical (unpaired) electrons. The summed E-state index contributed by atoms with van der Waals surface area (Å²) in [6, 6.07) is 52.6. The van der Waals surface area contributed by atoms with Crippen molar-refractivity contribution in [2.45, 2.75) is 30.6 Å². The zero-order valence-corrected chi connectivity index (χ0v) is 26.0. The first-order valence-electron chi connectivity index (χ1n) is 14.7. The fraction of sp³-hybridized carbons (Fsp3) is 0.100. The van der Waals surface area contributed by atoms with E-state index in [2.05, 4.69) is 183 Å². The third-order valence-corrected chi connectivity index (χ3v) is 8.79. The average molecular weight is 577 g/mol. The van der Waals surface area contributed by atoms with Gasteiger partial charge in [-0.2, -0.15) is 0 Å². The maximum atomic E-state index is 2.32. The molecule has 43 heavy (non-hydrogen) atoms. The van der Waals surface area contributed by atoms with Crippen molar-refractivity contribution in [2.24, 2.45) is 0 Å². The number of benzene rings is 6. The topological polar surface area (TPSA) is 6.48 Å². The lowest BCUT2D eigenvalue weighted by Crippen LogP contribution is -2.09. The lowest BCUT2D eigenvalue weighted by molar-refractivity contribution is 1.20. The summed E-state index contributed by atoms with van der Waals surface area (Å²) < 4.78 is 0. The van der Waals surface area contributed by atoms with Gasteiger partial charge in [0.05, 0.1) is 0 Å². The van der Waals surface area contributed by atoms with Crippen LogP contribution in [0.1, 0.15) is 16.7 Å². The molecule has 0 aliphatic rings. The zero-order chi connectivity index (χ0) is 29.8. The van der Waals surface area contributed by atoms with Crippen molar-refractivity contribution in [1.29, 1.82) is 0 Å². The van der Waals surface area contributed by atoms with Gasteiger partial charge < -0.3 is 9.80 Å². The number of rotatable bonds is 8. The van der Waals surface area contributed by atoms with Crippen LogP contribution in [0.25, 0.3) is 11.1 Å². The molecule has 0 saturated carbocycles. The lowest BCUT2D eigenvalue weighted by Gasteiger charge is -2.26. The van der Waals surface area contributed by atoms with E-state index in [1.807, 2.05) is 0 Å². The predicted molar refractivity (Wildman–Crippen MR) is 186 cm³/mol. The molecule has 0 heterocycles. The van der Waals surface area contributed by atoms with Gasteiger partial charge >= 0.3 is 0 Å². The molecule has 3 heteroatoms. The van der Waals surface area contributed by atoms with Crippen LogP contribution < -0.4 is 9.80 Å². The highest BCUT2D eigenvalue weighted by molar-refractivity contribution is 7.99. The highest BCUT2D eigenvalue weighted by Crippen LogP contribution is 2.38. The summed E-state index contributed by atoms with van der Waals surface area (Å²) in [5.74, 6) is 0. The van der Waals surface area contributed by atoms with Gasteiger partial charge in [-0.15, -0.1) is 0 Å². The molecule has 0 aliphatic heterocycles. The molecule has 0 saturated heterocycles. The minimum absolute atomic E-state index is 1.13. The molecular formula is C40H36N2S. The Hall–Kier alpha value is -4.73. The maximum Gasteiger partial charge on any atom is 0.0462 e.